The highest BCUT2D eigenvalue weighted by Gasteiger charge is 2.36. The van der Waals surface area contributed by atoms with Crippen molar-refractivity contribution in [2.75, 3.05) is 12.3 Å². The summed E-state index contributed by atoms with van der Waals surface area (Å²) in [6.45, 7) is 3.89. The maximum absolute atomic E-state index is 14.2. The van der Waals surface area contributed by atoms with E-state index >= 15 is 0 Å². The first-order valence-electron chi connectivity index (χ1n) is 10.3. The molecule has 12 heteroatoms. The van der Waals surface area contributed by atoms with E-state index in [2.05, 4.69) is 20.5 Å². The molecule has 34 heavy (non-hydrogen) atoms. The van der Waals surface area contributed by atoms with Gasteiger partial charge in [-0.1, -0.05) is 0 Å². The van der Waals surface area contributed by atoms with E-state index in [0.717, 1.165) is 16.8 Å². The summed E-state index contributed by atoms with van der Waals surface area (Å²) in [6, 6.07) is 6.13. The van der Waals surface area contributed by atoms with Gasteiger partial charge in [-0.2, -0.15) is 23.4 Å². The summed E-state index contributed by atoms with van der Waals surface area (Å²) in [4.78, 5) is 4.15. The van der Waals surface area contributed by atoms with E-state index in [4.69, 9.17) is 16.0 Å². The number of aromatic nitrogens is 3. The third-order valence-electron chi connectivity index (χ3n) is 5.33. The molecular formula is C22H21F4N7O. The van der Waals surface area contributed by atoms with Crippen LogP contribution in [-0.2, 0) is 12.6 Å². The Kier molecular flexibility index (Phi) is 5.98. The molecule has 0 amide bonds. The highest BCUT2D eigenvalue weighted by molar-refractivity contribution is 5.69. The number of nitrogen functional groups attached to an aromatic ring is 1. The predicted octanol–water partition coefficient (Wildman–Crippen LogP) is 5.01. The van der Waals surface area contributed by atoms with Crippen molar-refractivity contribution in [1.29, 1.82) is 5.53 Å². The van der Waals surface area contributed by atoms with Gasteiger partial charge in [0, 0.05) is 30.3 Å². The monoisotopic (exact) mass is 475 g/mol. The lowest BCUT2D eigenvalue weighted by Gasteiger charge is -2.22. The van der Waals surface area contributed by atoms with Crippen LogP contribution in [0.25, 0.3) is 11.4 Å². The minimum absolute atomic E-state index is 0.0740. The number of nitrogens with zero attached hydrogens (tertiary/aromatic N) is 4. The number of hydrogen-bond donors (Lipinski definition) is 3. The summed E-state index contributed by atoms with van der Waals surface area (Å²) >= 11 is 0. The molecule has 8 nitrogen and oxygen atoms in total. The molecule has 4 rings (SSSR count). The molecule has 0 saturated carbocycles. The lowest BCUT2D eigenvalue weighted by Crippen LogP contribution is -2.17. The Morgan fingerprint density at radius 2 is 2.06 bits per heavy atom. The van der Waals surface area contributed by atoms with Crippen LogP contribution in [0.3, 0.4) is 0 Å². The summed E-state index contributed by atoms with van der Waals surface area (Å²) in [7, 11) is 0. The van der Waals surface area contributed by atoms with E-state index in [-0.39, 0.29) is 40.6 Å². The van der Waals surface area contributed by atoms with Crippen LogP contribution in [-0.4, -0.2) is 21.3 Å². The molecule has 1 aliphatic rings. The molecule has 0 aliphatic carbocycles. The van der Waals surface area contributed by atoms with Crippen molar-refractivity contribution < 1.29 is 22.3 Å². The molecule has 2 bridgehead atoms. The van der Waals surface area contributed by atoms with Crippen molar-refractivity contribution in [2.24, 2.45) is 5.11 Å². The van der Waals surface area contributed by atoms with Gasteiger partial charge < -0.3 is 15.8 Å². The molecule has 3 heterocycles. The highest BCUT2D eigenvalue weighted by Crippen LogP contribution is 2.36. The van der Waals surface area contributed by atoms with E-state index < -0.39 is 23.8 Å². The van der Waals surface area contributed by atoms with Gasteiger partial charge in [0.15, 0.2) is 17.3 Å². The summed E-state index contributed by atoms with van der Waals surface area (Å²) in [6.07, 6.45) is -4.25. The Bertz CT molecular complexity index is 1280. The number of rotatable bonds is 3. The van der Waals surface area contributed by atoms with E-state index in [1.165, 1.54) is 18.3 Å². The van der Waals surface area contributed by atoms with Crippen molar-refractivity contribution in [3.63, 3.8) is 0 Å². The highest BCUT2D eigenvalue weighted by atomic mass is 19.4. The number of fused-ring (bicyclic) bond motifs is 5. The minimum Gasteiger partial charge on any atom is -0.482 e. The van der Waals surface area contributed by atoms with Crippen LogP contribution < -0.4 is 15.8 Å². The quantitative estimate of drug-likeness (QED) is 0.364. The maximum Gasteiger partial charge on any atom is 0.435 e. The van der Waals surface area contributed by atoms with Crippen molar-refractivity contribution in [2.45, 2.75) is 32.5 Å². The van der Waals surface area contributed by atoms with Gasteiger partial charge in [-0.3, -0.25) is 0 Å². The summed E-state index contributed by atoms with van der Waals surface area (Å²) in [5.41, 5.74) is 14.2. The van der Waals surface area contributed by atoms with E-state index in [1.54, 1.807) is 13.0 Å². The first-order chi connectivity index (χ1) is 16.1. The third kappa shape index (κ3) is 4.30. The second-order valence-electron chi connectivity index (χ2n) is 7.64. The molecule has 1 aliphatic heterocycles. The number of halogens is 4. The lowest BCUT2D eigenvalue weighted by atomic mass is 10.1. The molecular weight excluding hydrogens is 454 g/mol. The smallest absolute Gasteiger partial charge is 0.435 e. The van der Waals surface area contributed by atoms with Gasteiger partial charge in [-0.15, -0.1) is 0 Å². The average molecular weight is 475 g/mol. The van der Waals surface area contributed by atoms with Gasteiger partial charge in [0.25, 0.3) is 0 Å². The summed E-state index contributed by atoms with van der Waals surface area (Å²) < 4.78 is 62.0. The second kappa shape index (κ2) is 8.76. The zero-order valence-corrected chi connectivity index (χ0v) is 18.2. The lowest BCUT2D eigenvalue weighted by molar-refractivity contribution is -0.141. The van der Waals surface area contributed by atoms with E-state index in [1.807, 2.05) is 6.92 Å². The Morgan fingerprint density at radius 1 is 1.29 bits per heavy atom. The molecule has 1 atom stereocenters. The molecule has 0 saturated heterocycles. The predicted molar refractivity (Wildman–Crippen MR) is 116 cm³/mol. The van der Waals surface area contributed by atoms with Crippen molar-refractivity contribution in [1.82, 2.24) is 20.1 Å². The van der Waals surface area contributed by atoms with Crippen LogP contribution in [0.5, 0.6) is 5.75 Å². The van der Waals surface area contributed by atoms with Gasteiger partial charge in [0.05, 0.1) is 22.8 Å². The molecule has 0 unspecified atom stereocenters. The molecule has 178 valence electrons. The third-order valence-corrected chi connectivity index (χ3v) is 5.33. The van der Waals surface area contributed by atoms with Gasteiger partial charge in [-0.05, 0) is 44.2 Å². The zero-order chi connectivity index (χ0) is 24.6. The number of benzene rings is 1. The summed E-state index contributed by atoms with van der Waals surface area (Å²) in [5, 5.41) is 10.5. The normalized spacial score (nSPS) is 18.1. The van der Waals surface area contributed by atoms with Gasteiger partial charge in [-0.25, -0.2) is 19.6 Å². The number of alkyl halides is 3. The number of nitrogens with one attached hydrogen (secondary N) is 2. The molecule has 4 N–H and O–H groups in total. The number of ether oxygens (including phenoxy) is 1. The van der Waals surface area contributed by atoms with Crippen LogP contribution in [0.2, 0.25) is 0 Å². The number of hydrogen-bond acceptors (Lipinski definition) is 7. The Hall–Kier alpha value is -3.96. The zero-order valence-electron chi connectivity index (χ0n) is 18.2. The minimum atomic E-state index is -4.71. The van der Waals surface area contributed by atoms with Gasteiger partial charge >= 0.3 is 6.18 Å². The van der Waals surface area contributed by atoms with Crippen LogP contribution in [0.4, 0.5) is 23.4 Å². The molecule has 0 spiro atoms. The SMILES string of the molecule is CCN/C1=C(\N=N)Cc2cc(C(F)(F)F)nn2-c2ccc(F)cc2[C@@H](C)Oc2cc1cnc2N. The molecule has 1 aromatic carbocycles. The van der Waals surface area contributed by atoms with Gasteiger partial charge in [0.1, 0.15) is 11.9 Å². The fourth-order valence-corrected chi connectivity index (χ4v) is 3.78. The standard InChI is InChI=1S/C22H21F4N7O/c1-3-29-20-12-6-18(21(27)30-10-12)34-11(2)15-7-13(23)4-5-17(15)33-14(8-16(20)31-28)9-19(32-33)22(24,25)26/h4-7,9-11,28-29H,3,8H2,1-2H3,(H2,27,30)/b20-16-,31-28?/t11-/m1/s1. The van der Waals surface area contributed by atoms with Crippen molar-refractivity contribution >= 4 is 11.5 Å². The van der Waals surface area contributed by atoms with Crippen molar-refractivity contribution in [3.05, 3.63) is 70.6 Å². The topological polar surface area (TPSA) is 114 Å². The Balaban J connectivity index is 2.05. The van der Waals surface area contributed by atoms with Crippen LogP contribution >= 0.6 is 0 Å². The fourth-order valence-electron chi connectivity index (χ4n) is 3.78. The number of allylic oxidation sites excluding steroid dienone is 1. The maximum atomic E-state index is 14.2. The van der Waals surface area contributed by atoms with Crippen LogP contribution in [0, 0.1) is 11.3 Å². The van der Waals surface area contributed by atoms with Crippen molar-refractivity contribution in [3.8, 4) is 11.4 Å². The Morgan fingerprint density at radius 3 is 2.74 bits per heavy atom. The summed E-state index contributed by atoms with van der Waals surface area (Å²) in [5.74, 6) is -0.329. The van der Waals surface area contributed by atoms with E-state index in [9.17, 15) is 17.6 Å². The van der Waals surface area contributed by atoms with Gasteiger partial charge in [0.2, 0.25) is 0 Å². The number of pyridine rings is 1. The molecule has 0 fully saturated rings. The average Bonchev–Trinajstić information content (AvgIpc) is 3.21. The molecule has 3 aromatic rings. The van der Waals surface area contributed by atoms with E-state index in [0.29, 0.717) is 17.8 Å². The van der Waals surface area contributed by atoms with Crippen LogP contribution in [0.1, 0.15) is 42.5 Å². The Labute approximate surface area is 191 Å². The first kappa shape index (κ1) is 23.2. The van der Waals surface area contributed by atoms with Crippen LogP contribution in [0.15, 0.2) is 47.3 Å². The largest absolute Gasteiger partial charge is 0.482 e. The second-order valence-corrected chi connectivity index (χ2v) is 7.64. The fraction of sp³-hybridized carbons (Fsp3) is 0.273. The number of anilines is 1. The first-order valence-corrected chi connectivity index (χ1v) is 10.3. The molecule has 0 radical (unpaired) electrons. The number of nitrogens with two attached hydrogens (primary N) is 1. The molecule has 2 aromatic heterocycles.